The van der Waals surface area contributed by atoms with Crippen LogP contribution in [0.3, 0.4) is 0 Å². The molecule has 3 nitrogen and oxygen atoms in total. The number of carbonyl (C=O) groups excluding carboxylic acids is 1. The molecule has 2 N–H and O–H groups in total. The number of carbonyl (C=O) groups is 1. The van der Waals surface area contributed by atoms with E-state index in [2.05, 4.69) is 38.3 Å². The van der Waals surface area contributed by atoms with Crippen molar-refractivity contribution in [1.82, 2.24) is 10.6 Å². The molecule has 1 fully saturated rings. The minimum Gasteiger partial charge on any atom is -0.355 e. The lowest BCUT2D eigenvalue weighted by atomic mass is 9.80. The Morgan fingerprint density at radius 1 is 1.29 bits per heavy atom. The summed E-state index contributed by atoms with van der Waals surface area (Å²) < 4.78 is 0. The lowest BCUT2D eigenvalue weighted by Crippen LogP contribution is -2.44. The molecule has 0 heterocycles. The van der Waals surface area contributed by atoms with Crippen molar-refractivity contribution in [2.24, 2.45) is 17.8 Å². The zero-order valence-electron chi connectivity index (χ0n) is 11.8. The van der Waals surface area contributed by atoms with Gasteiger partial charge in [-0.05, 0) is 37.0 Å². The summed E-state index contributed by atoms with van der Waals surface area (Å²) in [5, 5.41) is 6.35. The Kier molecular flexibility index (Phi) is 5.96. The van der Waals surface area contributed by atoms with Crippen LogP contribution in [0, 0.1) is 17.8 Å². The van der Waals surface area contributed by atoms with E-state index >= 15 is 0 Å². The number of nitrogens with one attached hydrogen (secondary N) is 2. The summed E-state index contributed by atoms with van der Waals surface area (Å²) in [5.74, 6) is 2.19. The number of amides is 1. The highest BCUT2D eigenvalue weighted by Gasteiger charge is 2.25. The number of rotatable bonds is 5. The van der Waals surface area contributed by atoms with E-state index in [9.17, 15) is 4.79 Å². The predicted molar refractivity (Wildman–Crippen MR) is 71.8 cm³/mol. The molecule has 1 aliphatic carbocycles. The van der Waals surface area contributed by atoms with E-state index in [1.165, 1.54) is 19.3 Å². The summed E-state index contributed by atoms with van der Waals surface area (Å²) in [6.07, 6.45) is 3.78. The normalized spacial score (nSPS) is 29.4. The van der Waals surface area contributed by atoms with Crippen LogP contribution in [0.15, 0.2) is 0 Å². The van der Waals surface area contributed by atoms with E-state index in [1.54, 1.807) is 0 Å². The number of hydrogen-bond acceptors (Lipinski definition) is 2. The van der Waals surface area contributed by atoms with Crippen LogP contribution in [-0.2, 0) is 4.79 Å². The van der Waals surface area contributed by atoms with Crippen molar-refractivity contribution < 1.29 is 4.79 Å². The largest absolute Gasteiger partial charge is 0.355 e. The van der Waals surface area contributed by atoms with Crippen molar-refractivity contribution in [2.75, 3.05) is 13.1 Å². The Morgan fingerprint density at radius 3 is 2.59 bits per heavy atom. The van der Waals surface area contributed by atoms with Crippen molar-refractivity contribution in [2.45, 2.75) is 53.0 Å². The first-order valence-electron chi connectivity index (χ1n) is 6.99. The summed E-state index contributed by atoms with van der Waals surface area (Å²) >= 11 is 0. The monoisotopic (exact) mass is 240 g/mol. The van der Waals surface area contributed by atoms with Gasteiger partial charge in [0, 0.05) is 12.6 Å². The maximum Gasteiger partial charge on any atom is 0.233 e. The van der Waals surface area contributed by atoms with E-state index < -0.39 is 0 Å². The molecule has 0 aromatic rings. The van der Waals surface area contributed by atoms with Gasteiger partial charge in [0.05, 0.1) is 6.54 Å². The highest BCUT2D eigenvalue weighted by atomic mass is 16.1. The molecule has 1 rings (SSSR count). The molecule has 17 heavy (non-hydrogen) atoms. The minimum absolute atomic E-state index is 0.129. The molecule has 3 atom stereocenters. The van der Waals surface area contributed by atoms with Gasteiger partial charge in [0.1, 0.15) is 0 Å². The van der Waals surface area contributed by atoms with E-state index in [-0.39, 0.29) is 5.91 Å². The van der Waals surface area contributed by atoms with Crippen molar-refractivity contribution in [3.05, 3.63) is 0 Å². The van der Waals surface area contributed by atoms with Crippen molar-refractivity contribution in [3.8, 4) is 0 Å². The third kappa shape index (κ3) is 5.53. The SMILES string of the molecule is CC(C)CNC(=O)CNC1CCC(C)CC1C. The molecule has 0 aliphatic heterocycles. The van der Waals surface area contributed by atoms with Gasteiger partial charge >= 0.3 is 0 Å². The molecule has 100 valence electrons. The lowest BCUT2D eigenvalue weighted by molar-refractivity contribution is -0.120. The number of hydrogen-bond donors (Lipinski definition) is 2. The van der Waals surface area contributed by atoms with Gasteiger partial charge in [-0.2, -0.15) is 0 Å². The van der Waals surface area contributed by atoms with Gasteiger partial charge in [-0.3, -0.25) is 4.79 Å². The summed E-state index contributed by atoms with van der Waals surface area (Å²) in [7, 11) is 0. The highest BCUT2D eigenvalue weighted by molar-refractivity contribution is 5.77. The maximum atomic E-state index is 11.6. The molecule has 0 spiro atoms. The Labute approximate surface area is 106 Å². The standard InChI is InChI=1S/C14H28N2O/c1-10(2)8-16-14(17)9-15-13-6-5-11(3)7-12(13)4/h10-13,15H,5-9H2,1-4H3,(H,16,17). The van der Waals surface area contributed by atoms with Gasteiger partial charge in [0.25, 0.3) is 0 Å². The first-order valence-corrected chi connectivity index (χ1v) is 6.99. The lowest BCUT2D eigenvalue weighted by Gasteiger charge is -2.33. The molecule has 0 radical (unpaired) electrons. The average Bonchev–Trinajstić information content (AvgIpc) is 2.25. The third-order valence-corrected chi connectivity index (χ3v) is 3.66. The first-order chi connectivity index (χ1) is 7.99. The van der Waals surface area contributed by atoms with Gasteiger partial charge in [0.2, 0.25) is 5.91 Å². The summed E-state index contributed by atoms with van der Waals surface area (Å²) in [4.78, 5) is 11.6. The fourth-order valence-corrected chi connectivity index (χ4v) is 2.57. The molecule has 0 bridgehead atoms. The molecular weight excluding hydrogens is 212 g/mol. The van der Waals surface area contributed by atoms with Crippen LogP contribution in [0.4, 0.5) is 0 Å². The van der Waals surface area contributed by atoms with Crippen molar-refractivity contribution >= 4 is 5.91 Å². The zero-order chi connectivity index (χ0) is 12.8. The summed E-state index contributed by atoms with van der Waals surface area (Å²) in [6, 6.07) is 0.524. The second-order valence-electron chi connectivity index (χ2n) is 6.08. The second-order valence-corrected chi connectivity index (χ2v) is 6.08. The maximum absolute atomic E-state index is 11.6. The minimum atomic E-state index is 0.129. The Morgan fingerprint density at radius 2 is 2.00 bits per heavy atom. The first kappa shape index (κ1) is 14.5. The van der Waals surface area contributed by atoms with Gasteiger partial charge in [0.15, 0.2) is 0 Å². The van der Waals surface area contributed by atoms with Gasteiger partial charge in [-0.15, -0.1) is 0 Å². The van der Waals surface area contributed by atoms with Crippen LogP contribution in [0.1, 0.15) is 47.0 Å². The Bertz CT molecular complexity index is 240. The highest BCUT2D eigenvalue weighted by Crippen LogP contribution is 2.28. The molecule has 0 aromatic heterocycles. The second kappa shape index (κ2) is 7.00. The molecule has 1 amide bonds. The molecule has 3 unspecified atom stereocenters. The molecule has 0 saturated heterocycles. The van der Waals surface area contributed by atoms with E-state index in [0.717, 1.165) is 12.5 Å². The van der Waals surface area contributed by atoms with Crippen LogP contribution < -0.4 is 10.6 Å². The topological polar surface area (TPSA) is 41.1 Å². The smallest absolute Gasteiger partial charge is 0.233 e. The molecular formula is C14H28N2O. The van der Waals surface area contributed by atoms with E-state index in [0.29, 0.717) is 24.4 Å². The fourth-order valence-electron chi connectivity index (χ4n) is 2.57. The quantitative estimate of drug-likeness (QED) is 0.773. The molecule has 1 saturated carbocycles. The van der Waals surface area contributed by atoms with Crippen LogP contribution >= 0.6 is 0 Å². The van der Waals surface area contributed by atoms with Crippen LogP contribution in [0.5, 0.6) is 0 Å². The molecule has 1 aliphatic rings. The molecule has 3 heteroatoms. The van der Waals surface area contributed by atoms with Gasteiger partial charge in [-0.25, -0.2) is 0 Å². The van der Waals surface area contributed by atoms with Gasteiger partial charge in [-0.1, -0.05) is 27.7 Å². The molecule has 0 aromatic carbocycles. The fraction of sp³-hybridized carbons (Fsp3) is 0.929. The summed E-state index contributed by atoms with van der Waals surface area (Å²) in [5.41, 5.74) is 0. The van der Waals surface area contributed by atoms with Crippen LogP contribution in [0.25, 0.3) is 0 Å². The third-order valence-electron chi connectivity index (χ3n) is 3.66. The Balaban J connectivity index is 2.19. The van der Waals surface area contributed by atoms with E-state index in [1.807, 2.05) is 0 Å². The van der Waals surface area contributed by atoms with Gasteiger partial charge < -0.3 is 10.6 Å². The van der Waals surface area contributed by atoms with Crippen molar-refractivity contribution in [3.63, 3.8) is 0 Å². The van der Waals surface area contributed by atoms with Crippen LogP contribution in [-0.4, -0.2) is 25.0 Å². The average molecular weight is 240 g/mol. The Hall–Kier alpha value is -0.570. The predicted octanol–water partition coefficient (Wildman–Crippen LogP) is 2.17. The zero-order valence-corrected chi connectivity index (χ0v) is 11.8. The van der Waals surface area contributed by atoms with Crippen molar-refractivity contribution in [1.29, 1.82) is 0 Å². The van der Waals surface area contributed by atoms with Crippen LogP contribution in [0.2, 0.25) is 0 Å². The van der Waals surface area contributed by atoms with E-state index in [4.69, 9.17) is 0 Å². The summed E-state index contributed by atoms with van der Waals surface area (Å²) in [6.45, 7) is 10.1.